The molecule has 0 amide bonds. The summed E-state index contributed by atoms with van der Waals surface area (Å²) in [4.78, 5) is 6.69. The van der Waals surface area contributed by atoms with Gasteiger partial charge in [-0.2, -0.15) is 4.39 Å². The fraction of sp³-hybridized carbons (Fsp3) is 0.188. The first-order valence-electron chi connectivity index (χ1n) is 6.68. The SMILES string of the molecule is CCc1c(F)[nH]c2c(Oc3cc(C)ccn3)cc(F)cc12. The smallest absolute Gasteiger partial charge is 0.219 e. The van der Waals surface area contributed by atoms with Crippen molar-refractivity contribution in [2.24, 2.45) is 0 Å². The van der Waals surface area contributed by atoms with Crippen LogP contribution >= 0.6 is 0 Å². The van der Waals surface area contributed by atoms with Gasteiger partial charge in [-0.25, -0.2) is 9.37 Å². The number of hydrogen-bond donors (Lipinski definition) is 1. The second-order valence-corrected chi connectivity index (χ2v) is 4.87. The molecule has 0 aliphatic carbocycles. The number of nitrogens with zero attached hydrogens (tertiary/aromatic N) is 1. The molecule has 0 spiro atoms. The summed E-state index contributed by atoms with van der Waals surface area (Å²) in [6, 6.07) is 6.10. The molecular weight excluding hydrogens is 274 g/mol. The molecule has 3 rings (SSSR count). The van der Waals surface area contributed by atoms with Crippen molar-refractivity contribution in [2.75, 3.05) is 0 Å². The molecule has 5 heteroatoms. The molecule has 0 fully saturated rings. The number of aromatic amines is 1. The minimum absolute atomic E-state index is 0.224. The zero-order valence-corrected chi connectivity index (χ0v) is 11.7. The summed E-state index contributed by atoms with van der Waals surface area (Å²) in [5.74, 6) is -0.365. The molecular formula is C16H14F2N2O. The summed E-state index contributed by atoms with van der Waals surface area (Å²) in [5, 5.41) is 0.498. The number of ether oxygens (including phenoxy) is 1. The average molecular weight is 288 g/mol. The lowest BCUT2D eigenvalue weighted by Gasteiger charge is -2.07. The number of aryl methyl sites for hydroxylation is 2. The van der Waals surface area contributed by atoms with Gasteiger partial charge in [-0.05, 0) is 31.0 Å². The molecule has 0 aliphatic heterocycles. The molecule has 108 valence electrons. The number of nitrogens with one attached hydrogen (secondary N) is 1. The van der Waals surface area contributed by atoms with Crippen LogP contribution in [0.5, 0.6) is 11.6 Å². The van der Waals surface area contributed by atoms with E-state index in [-0.39, 0.29) is 5.75 Å². The molecule has 0 saturated heterocycles. The van der Waals surface area contributed by atoms with E-state index in [9.17, 15) is 8.78 Å². The Kier molecular flexibility index (Phi) is 3.33. The van der Waals surface area contributed by atoms with Crippen LogP contribution in [0.2, 0.25) is 0 Å². The maximum atomic E-state index is 13.9. The van der Waals surface area contributed by atoms with Crippen LogP contribution in [0.4, 0.5) is 8.78 Å². The topological polar surface area (TPSA) is 37.9 Å². The molecule has 0 atom stereocenters. The summed E-state index contributed by atoms with van der Waals surface area (Å²) in [5.41, 5.74) is 1.86. The van der Waals surface area contributed by atoms with Gasteiger partial charge in [-0.3, -0.25) is 0 Å². The van der Waals surface area contributed by atoms with E-state index in [0.29, 0.717) is 28.8 Å². The second-order valence-electron chi connectivity index (χ2n) is 4.87. The van der Waals surface area contributed by atoms with Crippen molar-refractivity contribution in [3.63, 3.8) is 0 Å². The molecule has 0 radical (unpaired) electrons. The molecule has 1 N–H and O–H groups in total. The Balaban J connectivity index is 2.14. The monoisotopic (exact) mass is 288 g/mol. The molecule has 0 saturated carbocycles. The highest BCUT2D eigenvalue weighted by Crippen LogP contribution is 2.33. The predicted octanol–water partition coefficient (Wildman–Crippen LogP) is 4.50. The van der Waals surface area contributed by atoms with Gasteiger partial charge in [0.25, 0.3) is 0 Å². The van der Waals surface area contributed by atoms with Gasteiger partial charge in [0.15, 0.2) is 11.7 Å². The number of aromatic nitrogens is 2. The maximum Gasteiger partial charge on any atom is 0.219 e. The van der Waals surface area contributed by atoms with Crippen molar-refractivity contribution in [1.29, 1.82) is 0 Å². The first kappa shape index (κ1) is 13.5. The highest BCUT2D eigenvalue weighted by Gasteiger charge is 2.16. The molecule has 3 aromatic rings. The standard InChI is InChI=1S/C16H14F2N2O/c1-3-11-12-7-10(17)8-13(15(12)20-16(11)18)21-14-6-9(2)4-5-19-14/h4-8,20H,3H2,1-2H3. The lowest BCUT2D eigenvalue weighted by molar-refractivity contribution is 0.461. The van der Waals surface area contributed by atoms with E-state index in [0.717, 1.165) is 5.56 Å². The number of halogens is 2. The second kappa shape index (κ2) is 5.16. The van der Waals surface area contributed by atoms with Crippen molar-refractivity contribution >= 4 is 10.9 Å². The number of hydrogen-bond acceptors (Lipinski definition) is 2. The summed E-state index contributed by atoms with van der Waals surface area (Å²) in [6.07, 6.45) is 2.07. The summed E-state index contributed by atoms with van der Waals surface area (Å²) in [7, 11) is 0. The van der Waals surface area contributed by atoms with Crippen LogP contribution in [-0.4, -0.2) is 9.97 Å². The Morgan fingerprint density at radius 3 is 2.76 bits per heavy atom. The van der Waals surface area contributed by atoms with Gasteiger partial charge in [-0.1, -0.05) is 6.92 Å². The zero-order valence-electron chi connectivity index (χ0n) is 11.7. The lowest BCUT2D eigenvalue weighted by Crippen LogP contribution is -1.91. The van der Waals surface area contributed by atoms with Gasteiger partial charge in [0.1, 0.15) is 5.82 Å². The van der Waals surface area contributed by atoms with E-state index in [2.05, 4.69) is 9.97 Å². The molecule has 0 aliphatic rings. The van der Waals surface area contributed by atoms with Crippen LogP contribution in [0, 0.1) is 18.7 Å². The number of fused-ring (bicyclic) bond motifs is 1. The van der Waals surface area contributed by atoms with E-state index in [1.807, 2.05) is 19.9 Å². The summed E-state index contributed by atoms with van der Waals surface area (Å²) < 4.78 is 33.3. The van der Waals surface area contributed by atoms with Crippen molar-refractivity contribution in [1.82, 2.24) is 9.97 Å². The Bertz CT molecular complexity index is 811. The van der Waals surface area contributed by atoms with Crippen molar-refractivity contribution in [2.45, 2.75) is 20.3 Å². The summed E-state index contributed by atoms with van der Waals surface area (Å²) in [6.45, 7) is 3.72. The van der Waals surface area contributed by atoms with E-state index in [1.165, 1.54) is 12.1 Å². The highest BCUT2D eigenvalue weighted by atomic mass is 19.1. The van der Waals surface area contributed by atoms with Crippen LogP contribution in [0.3, 0.4) is 0 Å². The van der Waals surface area contributed by atoms with E-state index in [4.69, 9.17) is 4.74 Å². The quantitative estimate of drug-likeness (QED) is 0.770. The van der Waals surface area contributed by atoms with Gasteiger partial charge in [0.05, 0.1) is 5.52 Å². The van der Waals surface area contributed by atoms with Crippen LogP contribution in [0.15, 0.2) is 30.5 Å². The van der Waals surface area contributed by atoms with Crippen molar-refractivity contribution < 1.29 is 13.5 Å². The third-order valence-electron chi connectivity index (χ3n) is 3.35. The molecule has 0 bridgehead atoms. The van der Waals surface area contributed by atoms with Gasteiger partial charge in [0, 0.05) is 29.3 Å². The minimum Gasteiger partial charge on any atom is -0.437 e. The molecule has 1 aromatic carbocycles. The van der Waals surface area contributed by atoms with Crippen LogP contribution < -0.4 is 4.74 Å². The van der Waals surface area contributed by atoms with Gasteiger partial charge < -0.3 is 9.72 Å². The minimum atomic E-state index is -0.473. The third-order valence-corrected chi connectivity index (χ3v) is 3.35. The molecule has 21 heavy (non-hydrogen) atoms. The van der Waals surface area contributed by atoms with Crippen LogP contribution in [-0.2, 0) is 6.42 Å². The Morgan fingerprint density at radius 1 is 1.24 bits per heavy atom. The third kappa shape index (κ3) is 2.46. The number of pyridine rings is 1. The number of rotatable bonds is 3. The average Bonchev–Trinajstić information content (AvgIpc) is 2.74. The molecule has 2 heterocycles. The largest absolute Gasteiger partial charge is 0.437 e. The number of benzene rings is 1. The maximum absolute atomic E-state index is 13.9. The Labute approximate surface area is 120 Å². The summed E-state index contributed by atoms with van der Waals surface area (Å²) >= 11 is 0. The van der Waals surface area contributed by atoms with E-state index < -0.39 is 11.8 Å². The Morgan fingerprint density at radius 2 is 2.05 bits per heavy atom. The number of H-pyrrole nitrogens is 1. The molecule has 0 unspecified atom stereocenters. The van der Waals surface area contributed by atoms with Gasteiger partial charge in [0.2, 0.25) is 5.88 Å². The molecule has 3 nitrogen and oxygen atoms in total. The predicted molar refractivity (Wildman–Crippen MR) is 76.6 cm³/mol. The fourth-order valence-electron chi connectivity index (χ4n) is 2.36. The van der Waals surface area contributed by atoms with Crippen molar-refractivity contribution in [3.8, 4) is 11.6 Å². The lowest BCUT2D eigenvalue weighted by atomic mass is 10.1. The van der Waals surface area contributed by atoms with Crippen LogP contribution in [0.1, 0.15) is 18.1 Å². The van der Waals surface area contributed by atoms with Gasteiger partial charge >= 0.3 is 0 Å². The normalized spacial score (nSPS) is 11.0. The van der Waals surface area contributed by atoms with Crippen molar-refractivity contribution in [3.05, 3.63) is 53.4 Å². The first-order chi connectivity index (χ1) is 10.1. The first-order valence-corrected chi connectivity index (χ1v) is 6.68. The zero-order chi connectivity index (χ0) is 15.0. The molecule has 2 aromatic heterocycles. The Hall–Kier alpha value is -2.43. The van der Waals surface area contributed by atoms with Crippen LogP contribution in [0.25, 0.3) is 10.9 Å². The fourth-order valence-corrected chi connectivity index (χ4v) is 2.36. The van der Waals surface area contributed by atoms with Gasteiger partial charge in [-0.15, -0.1) is 0 Å². The highest BCUT2D eigenvalue weighted by molar-refractivity contribution is 5.89. The van der Waals surface area contributed by atoms with E-state index in [1.54, 1.807) is 12.3 Å². The van der Waals surface area contributed by atoms with E-state index >= 15 is 0 Å².